The van der Waals surface area contributed by atoms with Crippen LogP contribution in [0.1, 0.15) is 46.6 Å². The van der Waals surface area contributed by atoms with Crippen LogP contribution in [-0.2, 0) is 22.4 Å². The van der Waals surface area contributed by atoms with Gasteiger partial charge in [-0.25, -0.2) is 9.78 Å². The van der Waals surface area contributed by atoms with Gasteiger partial charge in [0.1, 0.15) is 16.9 Å². The van der Waals surface area contributed by atoms with Gasteiger partial charge < -0.3 is 15.0 Å². The number of hydrogen-bond acceptors (Lipinski definition) is 7. The molecule has 0 bridgehead atoms. The molecule has 35 heavy (non-hydrogen) atoms. The van der Waals surface area contributed by atoms with E-state index < -0.39 is 18.0 Å². The third kappa shape index (κ3) is 4.53. The molecule has 0 fully saturated rings. The molecule has 0 aliphatic heterocycles. The number of nitriles is 1. The van der Waals surface area contributed by atoms with Gasteiger partial charge in [-0.1, -0.05) is 6.92 Å². The molecule has 0 saturated carbocycles. The predicted molar refractivity (Wildman–Crippen MR) is 133 cm³/mol. The minimum atomic E-state index is -1.03. The summed E-state index contributed by atoms with van der Waals surface area (Å²) in [5, 5.41) is 13.0. The number of esters is 1. The number of aromatic nitrogens is 3. The van der Waals surface area contributed by atoms with Crippen molar-refractivity contribution in [3.63, 3.8) is 0 Å². The first kappa shape index (κ1) is 22.7. The number of thiophene rings is 1. The smallest absolute Gasteiger partial charge is 0.338 e. The van der Waals surface area contributed by atoms with E-state index in [2.05, 4.69) is 33.3 Å². The van der Waals surface area contributed by atoms with E-state index in [1.165, 1.54) is 18.3 Å². The van der Waals surface area contributed by atoms with Crippen molar-refractivity contribution in [1.82, 2.24) is 15.0 Å². The molecule has 1 amide bonds. The minimum Gasteiger partial charge on any atom is -0.449 e. The number of anilines is 1. The van der Waals surface area contributed by atoms with Crippen molar-refractivity contribution < 1.29 is 14.3 Å². The van der Waals surface area contributed by atoms with Crippen LogP contribution in [0.15, 0.2) is 42.7 Å². The average Bonchev–Trinajstić information content (AvgIpc) is 3.44. The standard InChI is InChI=1S/C26H23N5O3S/c1-14-5-7-18-19(12-27)25(35-22(18)10-14)31-24(32)15(2)34-26(33)16-6-8-20-21(11-16)30-23(29-20)17-4-3-9-28-13-17/h3-4,6,8-9,11,13-15H,5,7,10H2,1-2H3,(H,29,30)(H,31,32). The van der Waals surface area contributed by atoms with Gasteiger partial charge in [-0.2, -0.15) is 5.26 Å². The lowest BCUT2D eigenvalue weighted by molar-refractivity contribution is -0.123. The number of amides is 1. The molecule has 1 aromatic carbocycles. The summed E-state index contributed by atoms with van der Waals surface area (Å²) in [6.45, 7) is 3.71. The van der Waals surface area contributed by atoms with Crippen LogP contribution >= 0.6 is 11.3 Å². The summed E-state index contributed by atoms with van der Waals surface area (Å²) >= 11 is 1.44. The highest BCUT2D eigenvalue weighted by Gasteiger charge is 2.27. The Kier molecular flexibility index (Phi) is 6.05. The number of nitrogens with zero attached hydrogens (tertiary/aromatic N) is 3. The summed E-state index contributed by atoms with van der Waals surface area (Å²) in [6, 6.07) is 10.9. The minimum absolute atomic E-state index is 0.303. The number of aromatic amines is 1. The summed E-state index contributed by atoms with van der Waals surface area (Å²) in [7, 11) is 0. The first-order chi connectivity index (χ1) is 16.9. The van der Waals surface area contributed by atoms with Crippen LogP contribution in [-0.4, -0.2) is 32.9 Å². The molecule has 2 N–H and O–H groups in total. The molecule has 4 aromatic rings. The lowest BCUT2D eigenvalue weighted by atomic mass is 9.88. The van der Waals surface area contributed by atoms with Crippen LogP contribution < -0.4 is 5.32 Å². The summed E-state index contributed by atoms with van der Waals surface area (Å²) in [5.41, 5.74) is 4.07. The number of H-pyrrole nitrogens is 1. The fraction of sp³-hybridized carbons (Fsp3) is 0.269. The van der Waals surface area contributed by atoms with Gasteiger partial charge in [0.2, 0.25) is 0 Å². The molecular formula is C26H23N5O3S. The third-order valence-electron chi connectivity index (χ3n) is 6.17. The van der Waals surface area contributed by atoms with E-state index >= 15 is 0 Å². The lowest BCUT2D eigenvalue weighted by Crippen LogP contribution is -2.30. The van der Waals surface area contributed by atoms with E-state index in [0.29, 0.717) is 38.9 Å². The number of rotatable bonds is 5. The summed E-state index contributed by atoms with van der Waals surface area (Å²) in [6.07, 6.45) is 5.14. The van der Waals surface area contributed by atoms with Crippen molar-refractivity contribution in [2.45, 2.75) is 39.2 Å². The Bertz CT molecular complexity index is 1470. The zero-order chi connectivity index (χ0) is 24.5. The van der Waals surface area contributed by atoms with Crippen molar-refractivity contribution in [3.05, 3.63) is 64.3 Å². The summed E-state index contributed by atoms with van der Waals surface area (Å²) < 4.78 is 5.43. The number of imidazole rings is 1. The Balaban J connectivity index is 1.28. The molecule has 2 atom stereocenters. The zero-order valence-electron chi connectivity index (χ0n) is 19.3. The van der Waals surface area contributed by atoms with Gasteiger partial charge in [-0.05, 0) is 68.0 Å². The Morgan fingerprint density at radius 3 is 2.97 bits per heavy atom. The maximum Gasteiger partial charge on any atom is 0.338 e. The molecule has 8 nitrogen and oxygen atoms in total. The highest BCUT2D eigenvalue weighted by Crippen LogP contribution is 2.39. The lowest BCUT2D eigenvalue weighted by Gasteiger charge is -2.17. The van der Waals surface area contributed by atoms with Crippen molar-refractivity contribution in [3.8, 4) is 17.5 Å². The van der Waals surface area contributed by atoms with Gasteiger partial charge in [0, 0.05) is 22.8 Å². The molecule has 1 aliphatic rings. The fourth-order valence-corrected chi connectivity index (χ4v) is 5.59. The number of pyridine rings is 1. The molecule has 1 aliphatic carbocycles. The first-order valence-electron chi connectivity index (χ1n) is 11.4. The van der Waals surface area contributed by atoms with Crippen LogP contribution in [0.3, 0.4) is 0 Å². The van der Waals surface area contributed by atoms with E-state index in [0.717, 1.165) is 35.3 Å². The number of benzene rings is 1. The third-order valence-corrected chi connectivity index (χ3v) is 7.34. The van der Waals surface area contributed by atoms with Gasteiger partial charge in [0.25, 0.3) is 5.91 Å². The van der Waals surface area contributed by atoms with Crippen LogP contribution in [0, 0.1) is 17.2 Å². The second kappa shape index (κ2) is 9.31. The van der Waals surface area contributed by atoms with Gasteiger partial charge in [-0.15, -0.1) is 11.3 Å². The van der Waals surface area contributed by atoms with Gasteiger partial charge in [0.05, 0.1) is 22.2 Å². The fourth-order valence-electron chi connectivity index (χ4n) is 4.23. The molecule has 0 radical (unpaired) electrons. The number of nitrogens with one attached hydrogen (secondary N) is 2. The largest absolute Gasteiger partial charge is 0.449 e. The van der Waals surface area contributed by atoms with Crippen LogP contribution in [0.25, 0.3) is 22.4 Å². The van der Waals surface area contributed by atoms with Crippen molar-refractivity contribution in [1.29, 1.82) is 5.26 Å². The van der Waals surface area contributed by atoms with Crippen LogP contribution in [0.4, 0.5) is 5.00 Å². The Hall–Kier alpha value is -4.03. The van der Waals surface area contributed by atoms with Crippen molar-refractivity contribution in [2.24, 2.45) is 5.92 Å². The number of ether oxygens (including phenoxy) is 1. The molecule has 3 aromatic heterocycles. The van der Waals surface area contributed by atoms with Gasteiger partial charge >= 0.3 is 5.97 Å². The Morgan fingerprint density at radius 1 is 1.34 bits per heavy atom. The Morgan fingerprint density at radius 2 is 2.20 bits per heavy atom. The average molecular weight is 486 g/mol. The molecule has 9 heteroatoms. The monoisotopic (exact) mass is 485 g/mol. The number of carbonyl (C=O) groups is 2. The van der Waals surface area contributed by atoms with E-state index in [9.17, 15) is 14.9 Å². The zero-order valence-corrected chi connectivity index (χ0v) is 20.1. The summed E-state index contributed by atoms with van der Waals surface area (Å²) in [5.74, 6) is 0.117. The normalized spacial score (nSPS) is 15.7. The van der Waals surface area contributed by atoms with Crippen LogP contribution in [0.5, 0.6) is 0 Å². The molecule has 176 valence electrons. The maximum atomic E-state index is 12.8. The van der Waals surface area contributed by atoms with E-state index in [4.69, 9.17) is 4.74 Å². The van der Waals surface area contributed by atoms with E-state index in [1.54, 1.807) is 30.6 Å². The van der Waals surface area contributed by atoms with Crippen molar-refractivity contribution in [2.75, 3.05) is 5.32 Å². The first-order valence-corrected chi connectivity index (χ1v) is 12.2. The van der Waals surface area contributed by atoms with Gasteiger partial charge in [0.15, 0.2) is 6.10 Å². The Labute approximate surface area is 206 Å². The van der Waals surface area contributed by atoms with Gasteiger partial charge in [-0.3, -0.25) is 9.78 Å². The second-order valence-electron chi connectivity index (χ2n) is 8.76. The van der Waals surface area contributed by atoms with E-state index in [1.807, 2.05) is 12.1 Å². The maximum absolute atomic E-state index is 12.8. The highest BCUT2D eigenvalue weighted by molar-refractivity contribution is 7.16. The number of hydrogen-bond donors (Lipinski definition) is 2. The highest BCUT2D eigenvalue weighted by atomic mass is 32.1. The molecule has 5 rings (SSSR count). The van der Waals surface area contributed by atoms with Crippen LogP contribution in [0.2, 0.25) is 0 Å². The quantitative estimate of drug-likeness (QED) is 0.389. The SMILES string of the molecule is CC1CCc2c(sc(NC(=O)C(C)OC(=O)c3ccc4nc(-c5cccnc5)[nH]c4c3)c2C#N)C1. The second-order valence-corrected chi connectivity index (χ2v) is 9.87. The van der Waals surface area contributed by atoms with Crippen molar-refractivity contribution >= 4 is 39.2 Å². The molecule has 2 unspecified atom stereocenters. The molecule has 0 saturated heterocycles. The molecular weight excluding hydrogens is 462 g/mol. The number of carbonyl (C=O) groups excluding carboxylic acids is 2. The molecule has 3 heterocycles. The van der Waals surface area contributed by atoms with E-state index in [-0.39, 0.29) is 0 Å². The number of fused-ring (bicyclic) bond motifs is 2. The predicted octanol–water partition coefficient (Wildman–Crippen LogP) is 4.87. The summed E-state index contributed by atoms with van der Waals surface area (Å²) in [4.78, 5) is 38.5. The topological polar surface area (TPSA) is 121 Å². The molecule has 0 spiro atoms.